The summed E-state index contributed by atoms with van der Waals surface area (Å²) in [5.41, 5.74) is 1.21. The third-order valence-electron chi connectivity index (χ3n) is 6.14. The van der Waals surface area contributed by atoms with Gasteiger partial charge in [-0.2, -0.15) is 13.2 Å². The number of hydrogen-bond acceptors (Lipinski definition) is 3. The zero-order valence-electron chi connectivity index (χ0n) is 22.1. The Bertz CT molecular complexity index is 1020. The Hall–Kier alpha value is -2.28. The Morgan fingerprint density at radius 3 is 2.28 bits per heavy atom. The van der Waals surface area contributed by atoms with Gasteiger partial charge in [-0.15, -0.1) is 0 Å². The van der Waals surface area contributed by atoms with Gasteiger partial charge in [-0.05, 0) is 68.2 Å². The van der Waals surface area contributed by atoms with Gasteiger partial charge in [0.05, 0.1) is 22.5 Å². The lowest BCUT2D eigenvalue weighted by atomic mass is 9.74. The normalized spacial score (nSPS) is 18.3. The molecule has 1 amide bonds. The van der Waals surface area contributed by atoms with Crippen LogP contribution in [0.25, 0.3) is 0 Å². The van der Waals surface area contributed by atoms with Gasteiger partial charge >= 0.3 is 12.1 Å². The minimum absolute atomic E-state index is 0.120. The van der Waals surface area contributed by atoms with Gasteiger partial charge in [0.1, 0.15) is 5.60 Å². The van der Waals surface area contributed by atoms with E-state index in [0.29, 0.717) is 18.4 Å². The summed E-state index contributed by atoms with van der Waals surface area (Å²) < 4.78 is 46.6. The van der Waals surface area contributed by atoms with Gasteiger partial charge in [-0.25, -0.2) is 0 Å². The average molecular weight is 528 g/mol. The fourth-order valence-corrected chi connectivity index (χ4v) is 4.30. The first-order valence-corrected chi connectivity index (χ1v) is 12.5. The van der Waals surface area contributed by atoms with Gasteiger partial charge in [0.2, 0.25) is 5.91 Å². The van der Waals surface area contributed by atoms with Crippen LogP contribution in [-0.4, -0.2) is 23.7 Å². The first-order valence-electron chi connectivity index (χ1n) is 12.1. The van der Waals surface area contributed by atoms with Crippen molar-refractivity contribution in [3.63, 3.8) is 0 Å². The largest absolute Gasteiger partial charge is 0.460 e. The molecule has 0 bridgehead atoms. The van der Waals surface area contributed by atoms with Gasteiger partial charge in [0, 0.05) is 6.42 Å². The van der Waals surface area contributed by atoms with E-state index in [1.165, 1.54) is 0 Å². The fourth-order valence-electron chi connectivity index (χ4n) is 4.13. The quantitative estimate of drug-likeness (QED) is 0.366. The van der Waals surface area contributed by atoms with E-state index in [2.05, 4.69) is 5.32 Å². The number of hydrogen-bond donors (Lipinski definition) is 1. The van der Waals surface area contributed by atoms with E-state index in [4.69, 9.17) is 16.3 Å². The standard InChI is InChI=1S/C28H37ClF3NO3/c1-17(28(30,31)32)24(19-10-12-20(13-11-19)26(2,3)4)25(35)33-22-16-18(8-14-21(22)29)9-15-23(34)36-27(5,6)7/h8,10,12-14,16-17,19,24H,9,11,15H2,1-7H3,(H,33,35)/t17-,19?,24+/m1/s1. The molecule has 200 valence electrons. The van der Waals surface area contributed by atoms with E-state index in [9.17, 15) is 22.8 Å². The zero-order valence-corrected chi connectivity index (χ0v) is 22.8. The SMILES string of the molecule is C[C@H]([C@H](C(=O)Nc1cc(CCC(=O)OC(C)(C)C)ccc1Cl)C1C=CC(C(C)(C)C)=CC1)C(F)(F)F. The summed E-state index contributed by atoms with van der Waals surface area (Å²) in [6.07, 6.45) is 1.71. The number of benzene rings is 1. The molecular formula is C28H37ClF3NO3. The van der Waals surface area contributed by atoms with Crippen LogP contribution in [0.2, 0.25) is 5.02 Å². The molecule has 1 N–H and O–H groups in total. The molecule has 0 saturated carbocycles. The molecule has 1 aliphatic rings. The van der Waals surface area contributed by atoms with Crippen molar-refractivity contribution < 1.29 is 27.5 Å². The van der Waals surface area contributed by atoms with Crippen molar-refractivity contribution in [1.82, 2.24) is 0 Å². The maximum absolute atomic E-state index is 13.8. The molecular weight excluding hydrogens is 491 g/mol. The number of allylic oxidation sites excluding steroid dienone is 4. The Kier molecular flexibility index (Phi) is 9.49. The van der Waals surface area contributed by atoms with Crippen LogP contribution < -0.4 is 5.32 Å². The van der Waals surface area contributed by atoms with Gasteiger partial charge < -0.3 is 10.1 Å². The van der Waals surface area contributed by atoms with Crippen LogP contribution in [0.1, 0.15) is 66.9 Å². The minimum Gasteiger partial charge on any atom is -0.460 e. The van der Waals surface area contributed by atoms with E-state index in [0.717, 1.165) is 12.5 Å². The summed E-state index contributed by atoms with van der Waals surface area (Å²) in [5, 5.41) is 2.83. The highest BCUT2D eigenvalue weighted by molar-refractivity contribution is 6.33. The summed E-state index contributed by atoms with van der Waals surface area (Å²) in [4.78, 5) is 25.3. The van der Waals surface area contributed by atoms with Crippen LogP contribution in [0.5, 0.6) is 0 Å². The molecule has 0 spiro atoms. The molecule has 3 atom stereocenters. The molecule has 8 heteroatoms. The number of anilines is 1. The van der Waals surface area contributed by atoms with E-state index in [-0.39, 0.29) is 28.5 Å². The van der Waals surface area contributed by atoms with Crippen molar-refractivity contribution in [1.29, 1.82) is 0 Å². The topological polar surface area (TPSA) is 55.4 Å². The smallest absolute Gasteiger partial charge is 0.392 e. The third kappa shape index (κ3) is 8.68. The molecule has 0 aliphatic heterocycles. The first kappa shape index (κ1) is 29.9. The highest BCUT2D eigenvalue weighted by atomic mass is 35.5. The van der Waals surface area contributed by atoms with Crippen LogP contribution in [0.3, 0.4) is 0 Å². The van der Waals surface area contributed by atoms with Crippen molar-refractivity contribution in [2.45, 2.75) is 79.5 Å². The van der Waals surface area contributed by atoms with Crippen LogP contribution in [0.4, 0.5) is 18.9 Å². The number of nitrogens with one attached hydrogen (secondary N) is 1. The van der Waals surface area contributed by atoms with Crippen molar-refractivity contribution >= 4 is 29.2 Å². The Morgan fingerprint density at radius 2 is 1.78 bits per heavy atom. The van der Waals surface area contributed by atoms with Gasteiger partial charge in [-0.1, -0.05) is 63.6 Å². The first-order chi connectivity index (χ1) is 16.4. The lowest BCUT2D eigenvalue weighted by Crippen LogP contribution is -2.40. The molecule has 4 nitrogen and oxygen atoms in total. The third-order valence-corrected chi connectivity index (χ3v) is 6.47. The van der Waals surface area contributed by atoms with Crippen molar-refractivity contribution in [2.75, 3.05) is 5.32 Å². The Morgan fingerprint density at radius 1 is 1.14 bits per heavy atom. The Balaban J connectivity index is 2.22. The predicted molar refractivity (Wildman–Crippen MR) is 138 cm³/mol. The number of halogens is 4. The zero-order chi connectivity index (χ0) is 27.5. The summed E-state index contributed by atoms with van der Waals surface area (Å²) in [7, 11) is 0. The number of carbonyl (C=O) groups excluding carboxylic acids is 2. The molecule has 0 radical (unpaired) electrons. The van der Waals surface area contributed by atoms with Crippen molar-refractivity contribution in [3.05, 3.63) is 52.6 Å². The van der Waals surface area contributed by atoms with E-state index in [1.54, 1.807) is 45.0 Å². The Labute approximate surface area is 217 Å². The molecule has 2 rings (SSSR count). The van der Waals surface area contributed by atoms with Gasteiger partial charge in [-0.3, -0.25) is 9.59 Å². The number of carbonyl (C=O) groups is 2. The number of rotatable bonds is 7. The number of amides is 1. The van der Waals surface area contributed by atoms with E-state index < -0.39 is 35.4 Å². The molecule has 0 heterocycles. The molecule has 36 heavy (non-hydrogen) atoms. The minimum atomic E-state index is -4.54. The second-order valence-electron chi connectivity index (χ2n) is 11.4. The second kappa shape index (κ2) is 11.4. The summed E-state index contributed by atoms with van der Waals surface area (Å²) in [6, 6.07) is 4.86. The van der Waals surface area contributed by atoms with E-state index >= 15 is 0 Å². The number of esters is 1. The molecule has 0 aromatic heterocycles. The maximum Gasteiger partial charge on any atom is 0.392 e. The van der Waals surface area contributed by atoms with Crippen molar-refractivity contribution in [3.8, 4) is 0 Å². The number of aryl methyl sites for hydroxylation is 1. The molecule has 1 unspecified atom stereocenters. The highest BCUT2D eigenvalue weighted by Crippen LogP contribution is 2.41. The fraction of sp³-hybridized carbons (Fsp3) is 0.571. The molecule has 1 aromatic rings. The lowest BCUT2D eigenvalue weighted by Gasteiger charge is -2.33. The average Bonchev–Trinajstić information content (AvgIpc) is 2.72. The van der Waals surface area contributed by atoms with E-state index in [1.807, 2.05) is 32.9 Å². The predicted octanol–water partition coefficient (Wildman–Crippen LogP) is 7.92. The second-order valence-corrected chi connectivity index (χ2v) is 11.8. The number of alkyl halides is 3. The van der Waals surface area contributed by atoms with Crippen LogP contribution in [0, 0.1) is 23.2 Å². The number of ether oxygens (including phenoxy) is 1. The van der Waals surface area contributed by atoms with Gasteiger partial charge in [0.25, 0.3) is 0 Å². The van der Waals surface area contributed by atoms with Crippen LogP contribution in [-0.2, 0) is 20.7 Å². The monoisotopic (exact) mass is 527 g/mol. The van der Waals surface area contributed by atoms with Crippen molar-refractivity contribution in [2.24, 2.45) is 23.2 Å². The lowest BCUT2D eigenvalue weighted by molar-refractivity contribution is -0.188. The molecule has 0 fully saturated rings. The summed E-state index contributed by atoms with van der Waals surface area (Å²) in [6.45, 7) is 12.5. The van der Waals surface area contributed by atoms with Crippen LogP contribution >= 0.6 is 11.6 Å². The summed E-state index contributed by atoms with van der Waals surface area (Å²) in [5.74, 6) is -4.91. The molecule has 1 aromatic carbocycles. The highest BCUT2D eigenvalue weighted by Gasteiger charge is 2.47. The summed E-state index contributed by atoms with van der Waals surface area (Å²) >= 11 is 6.27. The van der Waals surface area contributed by atoms with Gasteiger partial charge in [0.15, 0.2) is 0 Å². The van der Waals surface area contributed by atoms with Crippen LogP contribution in [0.15, 0.2) is 42.0 Å². The molecule has 0 saturated heterocycles. The molecule has 1 aliphatic carbocycles. The maximum atomic E-state index is 13.8.